The van der Waals surface area contributed by atoms with Gasteiger partial charge in [-0.05, 0) is 37.0 Å². The molecule has 0 aliphatic carbocycles. The van der Waals surface area contributed by atoms with E-state index in [9.17, 15) is 4.79 Å². The number of methoxy groups -OCH3 is 1. The second kappa shape index (κ2) is 6.15. The maximum atomic E-state index is 12.2. The van der Waals surface area contributed by atoms with Crippen LogP contribution in [0.1, 0.15) is 19.8 Å². The molecule has 0 aromatic heterocycles. The van der Waals surface area contributed by atoms with Gasteiger partial charge in [0.2, 0.25) is 0 Å². The maximum absolute atomic E-state index is 12.2. The molecular formula is C14H19ClN2O2. The summed E-state index contributed by atoms with van der Waals surface area (Å²) in [5, 5.41) is 3.44. The van der Waals surface area contributed by atoms with Crippen molar-refractivity contribution >= 4 is 23.3 Å². The Kier molecular flexibility index (Phi) is 4.53. The first kappa shape index (κ1) is 14.0. The van der Waals surface area contributed by atoms with Crippen molar-refractivity contribution < 1.29 is 9.53 Å². The molecule has 5 heteroatoms. The highest BCUT2D eigenvalue weighted by atomic mass is 35.5. The van der Waals surface area contributed by atoms with Crippen LogP contribution in [-0.4, -0.2) is 31.1 Å². The van der Waals surface area contributed by atoms with E-state index in [2.05, 4.69) is 12.2 Å². The van der Waals surface area contributed by atoms with Gasteiger partial charge in [-0.1, -0.05) is 18.5 Å². The zero-order valence-electron chi connectivity index (χ0n) is 11.3. The van der Waals surface area contributed by atoms with Crippen molar-refractivity contribution in [2.24, 2.45) is 5.92 Å². The second-order valence-electron chi connectivity index (χ2n) is 4.97. The van der Waals surface area contributed by atoms with Crippen LogP contribution in [0.25, 0.3) is 0 Å². The van der Waals surface area contributed by atoms with E-state index in [1.54, 1.807) is 25.3 Å². The number of amides is 2. The quantitative estimate of drug-likeness (QED) is 0.900. The van der Waals surface area contributed by atoms with Gasteiger partial charge in [0.25, 0.3) is 0 Å². The molecule has 1 aliphatic heterocycles. The number of hydrogen-bond acceptors (Lipinski definition) is 2. The molecule has 0 radical (unpaired) electrons. The summed E-state index contributed by atoms with van der Waals surface area (Å²) in [6.07, 6.45) is 2.24. The van der Waals surface area contributed by atoms with Crippen molar-refractivity contribution in [2.75, 3.05) is 25.5 Å². The number of carbonyl (C=O) groups excluding carboxylic acids is 1. The van der Waals surface area contributed by atoms with Crippen LogP contribution in [0.2, 0.25) is 5.02 Å². The lowest BCUT2D eigenvalue weighted by Gasteiger charge is -2.31. The standard InChI is InChI=1S/C14H19ClN2O2/c1-10-4-3-7-17(9-10)14(18)16-12-8-11(15)5-6-13(12)19-2/h5-6,8,10H,3-4,7,9H2,1-2H3,(H,16,18)/t10-/m1/s1. The molecule has 1 aliphatic rings. The number of benzene rings is 1. The Hall–Kier alpha value is -1.42. The zero-order valence-corrected chi connectivity index (χ0v) is 12.0. The Morgan fingerprint density at radius 2 is 2.32 bits per heavy atom. The molecule has 1 heterocycles. The highest BCUT2D eigenvalue weighted by Crippen LogP contribution is 2.28. The molecule has 1 saturated heterocycles. The number of rotatable bonds is 2. The van der Waals surface area contributed by atoms with E-state index >= 15 is 0 Å². The number of piperidine rings is 1. The van der Waals surface area contributed by atoms with Crippen molar-refractivity contribution in [2.45, 2.75) is 19.8 Å². The molecule has 4 nitrogen and oxygen atoms in total. The highest BCUT2D eigenvalue weighted by molar-refractivity contribution is 6.31. The first-order valence-corrected chi connectivity index (χ1v) is 6.87. The first-order valence-electron chi connectivity index (χ1n) is 6.49. The van der Waals surface area contributed by atoms with E-state index in [0.717, 1.165) is 19.5 Å². The van der Waals surface area contributed by atoms with E-state index in [1.165, 1.54) is 6.42 Å². The Labute approximate surface area is 118 Å². The van der Waals surface area contributed by atoms with Crippen LogP contribution in [-0.2, 0) is 0 Å². The average molecular weight is 283 g/mol. The smallest absolute Gasteiger partial charge is 0.321 e. The highest BCUT2D eigenvalue weighted by Gasteiger charge is 2.21. The van der Waals surface area contributed by atoms with Crippen LogP contribution in [0, 0.1) is 5.92 Å². The maximum Gasteiger partial charge on any atom is 0.321 e. The monoisotopic (exact) mass is 282 g/mol. The Morgan fingerprint density at radius 1 is 1.53 bits per heavy atom. The summed E-state index contributed by atoms with van der Waals surface area (Å²) in [6.45, 7) is 3.77. The predicted molar refractivity (Wildman–Crippen MR) is 77.0 cm³/mol. The normalized spacial score (nSPS) is 19.1. The fourth-order valence-corrected chi connectivity index (χ4v) is 2.52. The summed E-state index contributed by atoms with van der Waals surface area (Å²) in [5.41, 5.74) is 0.609. The Bertz CT molecular complexity index is 465. The fourth-order valence-electron chi connectivity index (χ4n) is 2.35. The zero-order chi connectivity index (χ0) is 13.8. The summed E-state index contributed by atoms with van der Waals surface area (Å²) in [4.78, 5) is 14.1. The lowest BCUT2D eigenvalue weighted by Crippen LogP contribution is -2.41. The molecule has 1 aromatic carbocycles. The molecule has 0 bridgehead atoms. The SMILES string of the molecule is COc1ccc(Cl)cc1NC(=O)N1CCC[C@@H](C)C1. The first-order chi connectivity index (χ1) is 9.10. The number of halogens is 1. The summed E-state index contributed by atoms with van der Waals surface area (Å²) >= 11 is 5.95. The molecule has 19 heavy (non-hydrogen) atoms. The molecule has 2 rings (SSSR count). The summed E-state index contributed by atoms with van der Waals surface area (Å²) in [5.74, 6) is 1.17. The summed E-state index contributed by atoms with van der Waals surface area (Å²) < 4.78 is 5.22. The van der Waals surface area contributed by atoms with Gasteiger partial charge >= 0.3 is 6.03 Å². The van der Waals surface area contributed by atoms with E-state index in [-0.39, 0.29) is 6.03 Å². The number of urea groups is 1. The van der Waals surface area contributed by atoms with Crippen LogP contribution in [0.4, 0.5) is 10.5 Å². The van der Waals surface area contributed by atoms with Gasteiger partial charge in [-0.25, -0.2) is 4.79 Å². The lowest BCUT2D eigenvalue weighted by molar-refractivity contribution is 0.182. The number of likely N-dealkylation sites (tertiary alicyclic amines) is 1. The minimum Gasteiger partial charge on any atom is -0.495 e. The number of nitrogens with zero attached hydrogens (tertiary/aromatic N) is 1. The number of hydrogen-bond donors (Lipinski definition) is 1. The van der Waals surface area contributed by atoms with Crippen LogP contribution in [0.3, 0.4) is 0 Å². The van der Waals surface area contributed by atoms with Gasteiger partial charge in [-0.15, -0.1) is 0 Å². The van der Waals surface area contributed by atoms with Gasteiger partial charge in [0.05, 0.1) is 12.8 Å². The molecule has 1 aromatic rings. The molecule has 1 N–H and O–H groups in total. The summed E-state index contributed by atoms with van der Waals surface area (Å²) in [6, 6.07) is 5.09. The van der Waals surface area contributed by atoms with Crippen molar-refractivity contribution in [3.63, 3.8) is 0 Å². The predicted octanol–water partition coefficient (Wildman–Crippen LogP) is 3.61. The molecule has 0 spiro atoms. The largest absolute Gasteiger partial charge is 0.495 e. The Balaban J connectivity index is 2.07. The molecule has 0 unspecified atom stereocenters. The molecule has 1 atom stereocenters. The van der Waals surface area contributed by atoms with E-state index < -0.39 is 0 Å². The average Bonchev–Trinajstić information content (AvgIpc) is 2.39. The topological polar surface area (TPSA) is 41.6 Å². The fraction of sp³-hybridized carbons (Fsp3) is 0.500. The van der Waals surface area contributed by atoms with Crippen LogP contribution in [0.5, 0.6) is 5.75 Å². The van der Waals surface area contributed by atoms with E-state index in [1.807, 2.05) is 4.90 Å². The lowest BCUT2D eigenvalue weighted by atomic mass is 10.0. The van der Waals surface area contributed by atoms with Gasteiger partial charge in [-0.2, -0.15) is 0 Å². The van der Waals surface area contributed by atoms with Gasteiger partial charge in [0, 0.05) is 18.1 Å². The molecular weight excluding hydrogens is 264 g/mol. The van der Waals surface area contributed by atoms with Crippen molar-refractivity contribution in [1.82, 2.24) is 4.90 Å². The van der Waals surface area contributed by atoms with E-state index in [0.29, 0.717) is 22.4 Å². The molecule has 0 saturated carbocycles. The van der Waals surface area contributed by atoms with Gasteiger partial charge in [0.1, 0.15) is 5.75 Å². The number of nitrogens with one attached hydrogen (secondary N) is 1. The van der Waals surface area contributed by atoms with Crippen molar-refractivity contribution in [3.05, 3.63) is 23.2 Å². The second-order valence-corrected chi connectivity index (χ2v) is 5.40. The molecule has 1 fully saturated rings. The van der Waals surface area contributed by atoms with Crippen LogP contribution in [0.15, 0.2) is 18.2 Å². The minimum atomic E-state index is -0.0906. The number of anilines is 1. The van der Waals surface area contributed by atoms with Gasteiger partial charge in [-0.3, -0.25) is 0 Å². The van der Waals surface area contributed by atoms with Crippen molar-refractivity contribution in [3.8, 4) is 5.75 Å². The van der Waals surface area contributed by atoms with Crippen LogP contribution < -0.4 is 10.1 Å². The molecule has 2 amide bonds. The molecule has 104 valence electrons. The third-order valence-electron chi connectivity index (χ3n) is 3.35. The number of carbonyl (C=O) groups is 1. The minimum absolute atomic E-state index is 0.0906. The van der Waals surface area contributed by atoms with Gasteiger partial charge in [0.15, 0.2) is 0 Å². The third kappa shape index (κ3) is 3.53. The van der Waals surface area contributed by atoms with Crippen molar-refractivity contribution in [1.29, 1.82) is 0 Å². The van der Waals surface area contributed by atoms with Crippen LogP contribution >= 0.6 is 11.6 Å². The Morgan fingerprint density at radius 3 is 3.00 bits per heavy atom. The third-order valence-corrected chi connectivity index (χ3v) is 3.58. The van der Waals surface area contributed by atoms with E-state index in [4.69, 9.17) is 16.3 Å². The van der Waals surface area contributed by atoms with Gasteiger partial charge < -0.3 is 15.0 Å². The number of ether oxygens (including phenoxy) is 1. The summed E-state index contributed by atoms with van der Waals surface area (Å²) in [7, 11) is 1.57.